The molecule has 0 radical (unpaired) electrons. The van der Waals surface area contributed by atoms with E-state index in [1.807, 2.05) is 19.2 Å². The summed E-state index contributed by atoms with van der Waals surface area (Å²) < 4.78 is 0. The third-order valence-corrected chi connectivity index (χ3v) is 3.08. The average Bonchev–Trinajstić information content (AvgIpc) is 2.34. The van der Waals surface area contributed by atoms with E-state index < -0.39 is 0 Å². The number of aromatic nitrogens is 2. The molecule has 2 rings (SSSR count). The minimum absolute atomic E-state index is 0.130. The Morgan fingerprint density at radius 1 is 1.11 bits per heavy atom. The first kappa shape index (κ1) is 13.7. The molecule has 19 heavy (non-hydrogen) atoms. The van der Waals surface area contributed by atoms with Crippen LogP contribution in [0.4, 0.5) is 0 Å². The molecule has 1 N–H and O–H groups in total. The average molecular weight is 255 g/mol. The molecule has 1 aromatic heterocycles. The van der Waals surface area contributed by atoms with Crippen LogP contribution in [-0.4, -0.2) is 16.5 Å². The molecular weight excluding hydrogens is 234 g/mol. The Balaban J connectivity index is 2.44. The lowest BCUT2D eigenvalue weighted by Gasteiger charge is -2.19. The van der Waals surface area contributed by atoms with E-state index >= 15 is 0 Å². The Kier molecular flexibility index (Phi) is 4.27. The SMILES string of the molecule is CCNC(c1cc(C)cc(C)c1)c1ccnc(C)n1. The topological polar surface area (TPSA) is 37.8 Å². The second-order valence-corrected chi connectivity index (χ2v) is 4.94. The van der Waals surface area contributed by atoms with Gasteiger partial charge in [0.15, 0.2) is 0 Å². The fraction of sp³-hybridized carbons (Fsp3) is 0.375. The van der Waals surface area contributed by atoms with Gasteiger partial charge in [0.1, 0.15) is 5.82 Å². The van der Waals surface area contributed by atoms with Crippen molar-refractivity contribution in [2.24, 2.45) is 0 Å². The van der Waals surface area contributed by atoms with Crippen LogP contribution < -0.4 is 5.32 Å². The molecule has 2 aromatic rings. The van der Waals surface area contributed by atoms with E-state index in [0.29, 0.717) is 0 Å². The fourth-order valence-corrected chi connectivity index (χ4v) is 2.41. The molecular formula is C16H21N3. The van der Waals surface area contributed by atoms with Crippen molar-refractivity contribution >= 4 is 0 Å². The summed E-state index contributed by atoms with van der Waals surface area (Å²) in [5, 5.41) is 3.51. The summed E-state index contributed by atoms with van der Waals surface area (Å²) >= 11 is 0. The van der Waals surface area contributed by atoms with Crippen molar-refractivity contribution in [2.45, 2.75) is 33.7 Å². The predicted octanol–water partition coefficient (Wildman–Crippen LogP) is 3.10. The predicted molar refractivity (Wildman–Crippen MR) is 78.2 cm³/mol. The summed E-state index contributed by atoms with van der Waals surface area (Å²) in [7, 11) is 0. The van der Waals surface area contributed by atoms with Gasteiger partial charge in [-0.3, -0.25) is 0 Å². The maximum atomic E-state index is 4.55. The van der Waals surface area contributed by atoms with Crippen LogP contribution in [0.3, 0.4) is 0 Å². The normalized spacial score (nSPS) is 12.4. The van der Waals surface area contributed by atoms with E-state index in [1.165, 1.54) is 16.7 Å². The number of benzene rings is 1. The second-order valence-electron chi connectivity index (χ2n) is 4.94. The minimum Gasteiger partial charge on any atom is -0.305 e. The monoisotopic (exact) mass is 255 g/mol. The number of nitrogens with zero attached hydrogens (tertiary/aromatic N) is 2. The van der Waals surface area contributed by atoms with Gasteiger partial charge in [0.2, 0.25) is 0 Å². The number of rotatable bonds is 4. The lowest BCUT2D eigenvalue weighted by molar-refractivity contribution is 0.611. The van der Waals surface area contributed by atoms with Gasteiger partial charge in [-0.05, 0) is 38.9 Å². The standard InChI is InChI=1S/C16H21N3/c1-5-17-16(15-6-7-18-13(4)19-15)14-9-11(2)8-12(3)10-14/h6-10,16-17H,5H2,1-4H3. The minimum atomic E-state index is 0.130. The molecule has 0 bridgehead atoms. The van der Waals surface area contributed by atoms with Gasteiger partial charge in [-0.1, -0.05) is 36.2 Å². The molecule has 1 aromatic carbocycles. The van der Waals surface area contributed by atoms with E-state index in [9.17, 15) is 0 Å². The molecule has 3 nitrogen and oxygen atoms in total. The Labute approximate surface area is 115 Å². The van der Waals surface area contributed by atoms with Crippen molar-refractivity contribution in [1.82, 2.24) is 15.3 Å². The van der Waals surface area contributed by atoms with Crippen LogP contribution >= 0.6 is 0 Å². The first-order valence-electron chi connectivity index (χ1n) is 6.71. The highest BCUT2D eigenvalue weighted by Gasteiger charge is 2.15. The third-order valence-electron chi connectivity index (χ3n) is 3.08. The second kappa shape index (κ2) is 5.93. The van der Waals surface area contributed by atoms with Crippen molar-refractivity contribution in [3.05, 3.63) is 58.7 Å². The first-order valence-corrected chi connectivity index (χ1v) is 6.71. The van der Waals surface area contributed by atoms with Crippen LogP contribution in [0.15, 0.2) is 30.5 Å². The van der Waals surface area contributed by atoms with Gasteiger partial charge in [-0.25, -0.2) is 9.97 Å². The number of nitrogens with one attached hydrogen (secondary N) is 1. The van der Waals surface area contributed by atoms with Gasteiger partial charge in [0.05, 0.1) is 11.7 Å². The lowest BCUT2D eigenvalue weighted by Crippen LogP contribution is -2.23. The van der Waals surface area contributed by atoms with E-state index in [0.717, 1.165) is 18.1 Å². The molecule has 1 atom stereocenters. The molecule has 0 saturated carbocycles. The molecule has 0 aliphatic carbocycles. The van der Waals surface area contributed by atoms with Gasteiger partial charge in [-0.2, -0.15) is 0 Å². The highest BCUT2D eigenvalue weighted by Crippen LogP contribution is 2.22. The number of hydrogen-bond donors (Lipinski definition) is 1. The van der Waals surface area contributed by atoms with Gasteiger partial charge in [0.25, 0.3) is 0 Å². The molecule has 0 fully saturated rings. The van der Waals surface area contributed by atoms with Gasteiger partial charge in [0, 0.05) is 6.20 Å². The largest absolute Gasteiger partial charge is 0.305 e. The molecule has 0 saturated heterocycles. The molecule has 3 heteroatoms. The van der Waals surface area contributed by atoms with Crippen molar-refractivity contribution in [3.63, 3.8) is 0 Å². The van der Waals surface area contributed by atoms with Gasteiger partial charge >= 0.3 is 0 Å². The third kappa shape index (κ3) is 3.38. The van der Waals surface area contributed by atoms with Gasteiger partial charge < -0.3 is 5.32 Å². The quantitative estimate of drug-likeness (QED) is 0.912. The molecule has 1 unspecified atom stereocenters. The smallest absolute Gasteiger partial charge is 0.125 e. The van der Waals surface area contributed by atoms with E-state index in [4.69, 9.17) is 0 Å². The van der Waals surface area contributed by atoms with E-state index in [2.05, 4.69) is 54.3 Å². The van der Waals surface area contributed by atoms with Crippen molar-refractivity contribution < 1.29 is 0 Å². The zero-order chi connectivity index (χ0) is 13.8. The van der Waals surface area contributed by atoms with Crippen molar-refractivity contribution in [2.75, 3.05) is 6.54 Å². The summed E-state index contributed by atoms with van der Waals surface area (Å²) in [6.07, 6.45) is 1.82. The Bertz CT molecular complexity index is 543. The molecule has 1 heterocycles. The summed E-state index contributed by atoms with van der Waals surface area (Å²) in [4.78, 5) is 8.73. The summed E-state index contributed by atoms with van der Waals surface area (Å²) in [6.45, 7) is 9.20. The Hall–Kier alpha value is -1.74. The summed E-state index contributed by atoms with van der Waals surface area (Å²) in [5.74, 6) is 0.810. The molecule has 0 amide bonds. The maximum absolute atomic E-state index is 4.55. The highest BCUT2D eigenvalue weighted by atomic mass is 15.0. The molecule has 0 aliphatic rings. The zero-order valence-electron chi connectivity index (χ0n) is 12.1. The van der Waals surface area contributed by atoms with Crippen molar-refractivity contribution in [1.29, 1.82) is 0 Å². The zero-order valence-corrected chi connectivity index (χ0v) is 12.1. The van der Waals surface area contributed by atoms with E-state index in [1.54, 1.807) is 0 Å². The maximum Gasteiger partial charge on any atom is 0.125 e. The van der Waals surface area contributed by atoms with Crippen LogP contribution in [0.5, 0.6) is 0 Å². The Morgan fingerprint density at radius 3 is 2.37 bits per heavy atom. The molecule has 0 spiro atoms. The first-order chi connectivity index (χ1) is 9.10. The summed E-state index contributed by atoms with van der Waals surface area (Å²) in [5.41, 5.74) is 4.85. The lowest BCUT2D eigenvalue weighted by atomic mass is 9.99. The van der Waals surface area contributed by atoms with Crippen LogP contribution in [0.2, 0.25) is 0 Å². The van der Waals surface area contributed by atoms with Crippen molar-refractivity contribution in [3.8, 4) is 0 Å². The van der Waals surface area contributed by atoms with Crippen LogP contribution in [0, 0.1) is 20.8 Å². The number of aryl methyl sites for hydroxylation is 3. The number of hydrogen-bond acceptors (Lipinski definition) is 3. The summed E-state index contributed by atoms with van der Waals surface area (Å²) in [6, 6.07) is 8.75. The molecule has 0 aliphatic heterocycles. The Morgan fingerprint density at radius 2 is 1.79 bits per heavy atom. The van der Waals surface area contributed by atoms with Gasteiger partial charge in [-0.15, -0.1) is 0 Å². The van der Waals surface area contributed by atoms with Crippen LogP contribution in [0.1, 0.15) is 41.2 Å². The van der Waals surface area contributed by atoms with Crippen LogP contribution in [-0.2, 0) is 0 Å². The highest BCUT2D eigenvalue weighted by molar-refractivity contribution is 5.34. The molecule has 100 valence electrons. The fourth-order valence-electron chi connectivity index (χ4n) is 2.41. The van der Waals surface area contributed by atoms with E-state index in [-0.39, 0.29) is 6.04 Å². The van der Waals surface area contributed by atoms with Crippen LogP contribution in [0.25, 0.3) is 0 Å².